The molecule has 9 heteroatoms. The predicted octanol–water partition coefficient (Wildman–Crippen LogP) is -0.583. The minimum Gasteiger partial charge on any atom is -0.391 e. The molecular weight excluding hydrogens is 326 g/mol. The quantitative estimate of drug-likeness (QED) is 0.754. The topological polar surface area (TPSA) is 113 Å². The van der Waals surface area contributed by atoms with Crippen LogP contribution in [0.5, 0.6) is 0 Å². The van der Waals surface area contributed by atoms with Crippen molar-refractivity contribution in [3.05, 3.63) is 50.8 Å². The van der Waals surface area contributed by atoms with E-state index in [1.54, 1.807) is 36.0 Å². The number of rotatable bonds is 2. The molecule has 1 aliphatic heterocycles. The van der Waals surface area contributed by atoms with Gasteiger partial charge in [-0.05, 0) is 19.8 Å². The van der Waals surface area contributed by atoms with Gasteiger partial charge >= 0.3 is 5.69 Å². The smallest absolute Gasteiger partial charge is 0.328 e. The molecule has 1 fully saturated rings. The third-order valence-corrected chi connectivity index (χ3v) is 4.55. The maximum absolute atomic E-state index is 12.5. The molecule has 3 rings (SSSR count). The van der Waals surface area contributed by atoms with Gasteiger partial charge in [-0.25, -0.2) is 9.78 Å². The lowest BCUT2D eigenvalue weighted by Gasteiger charge is -2.22. The molecule has 25 heavy (non-hydrogen) atoms. The number of likely N-dealkylation sites (tertiary alicyclic amines) is 1. The number of nitrogens with zero attached hydrogens (tertiary/aromatic N) is 4. The van der Waals surface area contributed by atoms with Gasteiger partial charge in [0.1, 0.15) is 5.69 Å². The highest BCUT2D eigenvalue weighted by atomic mass is 16.3. The number of amides is 1. The SMILES string of the molecule is Cc1cn([C@H]2CCN(C(=O)c3cn(C)cn3)CC[C@@H]2O)c(=O)[nH]c1=O. The number of hydrogen-bond acceptors (Lipinski definition) is 5. The van der Waals surface area contributed by atoms with E-state index in [0.29, 0.717) is 37.2 Å². The second-order valence-electron chi connectivity index (χ2n) is 6.41. The van der Waals surface area contributed by atoms with Crippen molar-refractivity contribution >= 4 is 5.91 Å². The number of hydrogen-bond donors (Lipinski definition) is 2. The number of aromatic amines is 1. The van der Waals surface area contributed by atoms with Gasteiger partial charge in [0.05, 0.1) is 18.5 Å². The van der Waals surface area contributed by atoms with E-state index in [1.807, 2.05) is 0 Å². The molecule has 3 heterocycles. The van der Waals surface area contributed by atoms with E-state index in [-0.39, 0.29) is 5.91 Å². The number of aryl methyl sites for hydroxylation is 2. The van der Waals surface area contributed by atoms with E-state index in [0.717, 1.165) is 0 Å². The van der Waals surface area contributed by atoms with Crippen molar-refractivity contribution in [3.8, 4) is 0 Å². The fourth-order valence-corrected chi connectivity index (χ4v) is 3.12. The predicted molar refractivity (Wildman–Crippen MR) is 89.4 cm³/mol. The molecule has 0 saturated carbocycles. The highest BCUT2D eigenvalue weighted by molar-refractivity contribution is 5.92. The first-order chi connectivity index (χ1) is 11.9. The zero-order chi connectivity index (χ0) is 18.1. The lowest BCUT2D eigenvalue weighted by Crippen LogP contribution is -2.37. The summed E-state index contributed by atoms with van der Waals surface area (Å²) in [6.45, 7) is 2.38. The Kier molecular flexibility index (Phi) is 4.58. The zero-order valence-electron chi connectivity index (χ0n) is 14.2. The third-order valence-electron chi connectivity index (χ3n) is 4.55. The normalized spacial score (nSPS) is 21.2. The minimum absolute atomic E-state index is 0.196. The van der Waals surface area contributed by atoms with Gasteiger partial charge in [0.2, 0.25) is 0 Å². The summed E-state index contributed by atoms with van der Waals surface area (Å²) in [6.07, 6.45) is 4.64. The minimum atomic E-state index is -0.787. The summed E-state index contributed by atoms with van der Waals surface area (Å²) >= 11 is 0. The first-order valence-corrected chi connectivity index (χ1v) is 8.14. The summed E-state index contributed by atoms with van der Waals surface area (Å²) in [7, 11) is 1.79. The molecular formula is C16H21N5O4. The van der Waals surface area contributed by atoms with Crippen molar-refractivity contribution in [3.63, 3.8) is 0 Å². The van der Waals surface area contributed by atoms with Crippen LogP contribution in [0.3, 0.4) is 0 Å². The fraction of sp³-hybridized carbons (Fsp3) is 0.500. The molecule has 1 amide bonds. The van der Waals surface area contributed by atoms with E-state index in [1.165, 1.54) is 10.8 Å². The number of imidazole rings is 1. The van der Waals surface area contributed by atoms with Gasteiger partial charge in [0, 0.05) is 38.1 Å². The highest BCUT2D eigenvalue weighted by Crippen LogP contribution is 2.22. The summed E-state index contributed by atoms with van der Waals surface area (Å²) in [5, 5.41) is 10.5. The van der Waals surface area contributed by atoms with Gasteiger partial charge in [-0.15, -0.1) is 0 Å². The van der Waals surface area contributed by atoms with Crippen LogP contribution in [0.4, 0.5) is 0 Å². The van der Waals surface area contributed by atoms with Crippen LogP contribution < -0.4 is 11.2 Å². The van der Waals surface area contributed by atoms with Gasteiger partial charge in [-0.1, -0.05) is 0 Å². The van der Waals surface area contributed by atoms with Crippen LogP contribution in [0.2, 0.25) is 0 Å². The first-order valence-electron chi connectivity index (χ1n) is 8.14. The van der Waals surface area contributed by atoms with Gasteiger partial charge in [-0.3, -0.25) is 19.1 Å². The van der Waals surface area contributed by atoms with Crippen LogP contribution in [0.15, 0.2) is 28.3 Å². The first kappa shape index (κ1) is 17.2. The maximum Gasteiger partial charge on any atom is 0.328 e. The number of aliphatic hydroxyl groups is 1. The second kappa shape index (κ2) is 6.67. The Balaban J connectivity index is 1.82. The van der Waals surface area contributed by atoms with Crippen molar-refractivity contribution in [1.29, 1.82) is 0 Å². The molecule has 0 aromatic carbocycles. The Hall–Kier alpha value is -2.68. The summed E-state index contributed by atoms with van der Waals surface area (Å²) < 4.78 is 3.06. The summed E-state index contributed by atoms with van der Waals surface area (Å²) in [5.41, 5.74) is -0.231. The number of carbonyl (C=O) groups excluding carboxylic acids is 1. The van der Waals surface area contributed by atoms with Crippen LogP contribution >= 0.6 is 0 Å². The van der Waals surface area contributed by atoms with E-state index in [4.69, 9.17) is 0 Å². The Morgan fingerprint density at radius 2 is 2.00 bits per heavy atom. The van der Waals surface area contributed by atoms with Crippen LogP contribution in [-0.4, -0.2) is 54.2 Å². The monoisotopic (exact) mass is 347 g/mol. The molecule has 0 bridgehead atoms. The zero-order valence-corrected chi connectivity index (χ0v) is 14.2. The standard InChI is InChI=1S/C16H21N5O4/c1-10-7-21(16(25)18-14(10)23)12-3-5-20(6-4-13(12)22)15(24)11-8-19(2)9-17-11/h7-9,12-13,22H,3-6H2,1-2H3,(H,18,23,25)/t12-,13-/m0/s1. The molecule has 9 nitrogen and oxygen atoms in total. The number of aliphatic hydroxyl groups excluding tert-OH is 1. The van der Waals surface area contributed by atoms with E-state index >= 15 is 0 Å². The van der Waals surface area contributed by atoms with Crippen molar-refractivity contribution < 1.29 is 9.90 Å². The molecule has 0 aliphatic carbocycles. The molecule has 0 spiro atoms. The molecule has 2 atom stereocenters. The lowest BCUT2D eigenvalue weighted by atomic mass is 10.1. The highest BCUT2D eigenvalue weighted by Gasteiger charge is 2.30. The van der Waals surface area contributed by atoms with Gasteiger partial charge in [-0.2, -0.15) is 0 Å². The van der Waals surface area contributed by atoms with Crippen molar-refractivity contribution in [2.45, 2.75) is 31.9 Å². The fourth-order valence-electron chi connectivity index (χ4n) is 3.12. The van der Waals surface area contributed by atoms with E-state index < -0.39 is 23.4 Å². The van der Waals surface area contributed by atoms with Crippen LogP contribution in [0.25, 0.3) is 0 Å². The molecule has 134 valence electrons. The van der Waals surface area contributed by atoms with Crippen LogP contribution in [-0.2, 0) is 7.05 Å². The number of H-pyrrole nitrogens is 1. The van der Waals surface area contributed by atoms with Crippen LogP contribution in [0.1, 0.15) is 34.9 Å². The molecule has 2 N–H and O–H groups in total. The van der Waals surface area contributed by atoms with Crippen LogP contribution in [0, 0.1) is 6.92 Å². The van der Waals surface area contributed by atoms with Crippen molar-refractivity contribution in [2.75, 3.05) is 13.1 Å². The lowest BCUT2D eigenvalue weighted by molar-refractivity contribution is 0.0746. The van der Waals surface area contributed by atoms with Gasteiger partial charge in [0.15, 0.2) is 0 Å². The molecule has 2 aromatic heterocycles. The van der Waals surface area contributed by atoms with E-state index in [2.05, 4.69) is 9.97 Å². The summed E-state index contributed by atoms with van der Waals surface area (Å²) in [6, 6.07) is -0.496. The van der Waals surface area contributed by atoms with E-state index in [9.17, 15) is 19.5 Å². The second-order valence-corrected chi connectivity index (χ2v) is 6.41. The Labute approximate surface area is 143 Å². The number of nitrogens with one attached hydrogen (secondary N) is 1. The largest absolute Gasteiger partial charge is 0.391 e. The molecule has 1 saturated heterocycles. The Morgan fingerprint density at radius 1 is 1.28 bits per heavy atom. The number of aromatic nitrogens is 4. The molecule has 0 unspecified atom stereocenters. The Morgan fingerprint density at radius 3 is 2.68 bits per heavy atom. The third kappa shape index (κ3) is 3.41. The molecule has 2 aromatic rings. The molecule has 1 aliphatic rings. The maximum atomic E-state index is 12.5. The summed E-state index contributed by atoms with van der Waals surface area (Å²) in [4.78, 5) is 44.1. The van der Waals surface area contributed by atoms with Gasteiger partial charge < -0.3 is 14.6 Å². The Bertz CT molecular complexity index is 896. The summed E-state index contributed by atoms with van der Waals surface area (Å²) in [5.74, 6) is -0.196. The van der Waals surface area contributed by atoms with Gasteiger partial charge in [0.25, 0.3) is 11.5 Å². The van der Waals surface area contributed by atoms with Crippen molar-refractivity contribution in [2.24, 2.45) is 7.05 Å². The number of carbonyl (C=O) groups is 1. The average Bonchev–Trinajstić information content (AvgIpc) is 2.91. The average molecular weight is 347 g/mol. The molecule has 0 radical (unpaired) electrons. The van der Waals surface area contributed by atoms with Crippen molar-refractivity contribution in [1.82, 2.24) is 24.0 Å².